The number of nitrogens with zero attached hydrogens (tertiary/aromatic N) is 2. The molecule has 1 aliphatic heterocycles. The molecule has 1 saturated carbocycles. The van der Waals surface area contributed by atoms with E-state index < -0.39 is 0 Å². The van der Waals surface area contributed by atoms with Gasteiger partial charge in [0.2, 0.25) is 0 Å². The maximum absolute atomic E-state index is 13.3. The van der Waals surface area contributed by atoms with Crippen molar-refractivity contribution in [3.05, 3.63) is 75.7 Å². The van der Waals surface area contributed by atoms with Crippen LogP contribution in [0, 0.1) is 30.6 Å². The Labute approximate surface area is 154 Å². The zero-order chi connectivity index (χ0) is 18.3. The maximum atomic E-state index is 13.3. The lowest BCUT2D eigenvalue weighted by Gasteiger charge is -2.49. The summed E-state index contributed by atoms with van der Waals surface area (Å²) in [5.74, 6) is 0.0123. The van der Waals surface area contributed by atoms with Crippen molar-refractivity contribution in [1.82, 2.24) is 5.01 Å². The Morgan fingerprint density at radius 2 is 1.31 bits per heavy atom. The van der Waals surface area contributed by atoms with Gasteiger partial charge in [-0.3, -0.25) is 4.79 Å². The highest BCUT2D eigenvalue weighted by Crippen LogP contribution is 2.52. The molecule has 1 heterocycles. The van der Waals surface area contributed by atoms with Crippen molar-refractivity contribution in [3.63, 3.8) is 0 Å². The van der Waals surface area contributed by atoms with Gasteiger partial charge >= 0.3 is 0 Å². The van der Waals surface area contributed by atoms with Gasteiger partial charge in [-0.1, -0.05) is 55.0 Å². The Hall–Kier alpha value is -2.49. The lowest BCUT2D eigenvalue weighted by atomic mass is 9.66. The van der Waals surface area contributed by atoms with E-state index in [1.807, 2.05) is 62.4 Å². The summed E-state index contributed by atoms with van der Waals surface area (Å²) in [5.41, 5.74) is 4.30. The number of rotatable bonds is 3. The Kier molecular flexibility index (Phi) is 4.35. The molecule has 0 N–H and O–H groups in total. The summed E-state index contributed by atoms with van der Waals surface area (Å²) in [6.07, 6.45) is 2.69. The number of nitroso groups, excluding NO2 is 1. The minimum atomic E-state index is -0.276. The molecule has 4 heteroatoms. The third-order valence-electron chi connectivity index (χ3n) is 6.20. The summed E-state index contributed by atoms with van der Waals surface area (Å²) in [7, 11) is 0. The third-order valence-corrected chi connectivity index (χ3v) is 6.20. The molecule has 1 saturated heterocycles. The molecule has 1 aliphatic carbocycles. The van der Waals surface area contributed by atoms with E-state index in [0.717, 1.165) is 41.5 Å². The molecular weight excluding hydrogens is 324 g/mol. The quantitative estimate of drug-likeness (QED) is 0.728. The fourth-order valence-corrected chi connectivity index (χ4v) is 4.94. The highest BCUT2D eigenvalue weighted by Gasteiger charge is 2.52. The topological polar surface area (TPSA) is 49.7 Å². The standard InChI is InChI=1S/C22H24N2O2/c1-14-8-3-5-10-16(14)20-18-12-7-13-19(22(18)25)21(24(20)23-26)17-11-6-4-9-15(17)2/h3-6,8-11,18-21H,7,12-13H2,1-2H3/t18-,19+,20+,21-. The van der Waals surface area contributed by atoms with Crippen LogP contribution >= 0.6 is 0 Å². The highest BCUT2D eigenvalue weighted by atomic mass is 16.3. The van der Waals surface area contributed by atoms with Crippen molar-refractivity contribution in [2.45, 2.75) is 45.2 Å². The first kappa shape index (κ1) is 17.0. The molecule has 0 aromatic heterocycles. The number of carbonyl (C=O) groups excluding carboxylic acids is 1. The molecule has 0 spiro atoms. The number of hydrogen-bond acceptors (Lipinski definition) is 3. The second-order valence-electron chi connectivity index (χ2n) is 7.61. The fourth-order valence-electron chi connectivity index (χ4n) is 4.94. The summed E-state index contributed by atoms with van der Waals surface area (Å²) >= 11 is 0. The van der Waals surface area contributed by atoms with Crippen molar-refractivity contribution in [3.8, 4) is 0 Å². The van der Waals surface area contributed by atoms with Crippen molar-refractivity contribution in [1.29, 1.82) is 0 Å². The fraction of sp³-hybridized carbons (Fsp3) is 0.409. The number of carbonyl (C=O) groups is 1. The molecular formula is C22H24N2O2. The van der Waals surface area contributed by atoms with E-state index in [-0.39, 0.29) is 23.9 Å². The van der Waals surface area contributed by atoms with Crippen molar-refractivity contribution >= 4 is 5.78 Å². The van der Waals surface area contributed by atoms with Gasteiger partial charge < -0.3 is 0 Å². The largest absolute Gasteiger partial charge is 0.299 e. The molecule has 2 fully saturated rings. The van der Waals surface area contributed by atoms with Crippen LogP contribution in [0.15, 0.2) is 53.8 Å². The summed E-state index contributed by atoms with van der Waals surface area (Å²) in [6.45, 7) is 4.08. The minimum Gasteiger partial charge on any atom is -0.299 e. The normalized spacial score (nSPS) is 28.1. The van der Waals surface area contributed by atoms with Gasteiger partial charge in [0.15, 0.2) is 0 Å². The van der Waals surface area contributed by atoms with Crippen LogP contribution in [-0.2, 0) is 4.79 Å². The second-order valence-corrected chi connectivity index (χ2v) is 7.61. The Balaban J connectivity index is 1.89. The first-order valence-corrected chi connectivity index (χ1v) is 9.40. The van der Waals surface area contributed by atoms with Crippen LogP contribution in [0.3, 0.4) is 0 Å². The number of aryl methyl sites for hydroxylation is 2. The molecule has 4 rings (SSSR count). The number of hydrogen-bond donors (Lipinski definition) is 0. The predicted octanol–water partition coefficient (Wildman–Crippen LogP) is 5.07. The summed E-state index contributed by atoms with van der Waals surface area (Å²) in [6, 6.07) is 15.5. The molecule has 0 radical (unpaired) electrons. The van der Waals surface area contributed by atoms with Crippen molar-refractivity contribution in [2.24, 2.45) is 17.1 Å². The molecule has 0 amide bonds. The molecule has 4 atom stereocenters. The van der Waals surface area contributed by atoms with Gasteiger partial charge in [-0.05, 0) is 48.9 Å². The molecule has 2 aromatic carbocycles. The monoisotopic (exact) mass is 348 g/mol. The van der Waals surface area contributed by atoms with Crippen LogP contribution < -0.4 is 0 Å². The Morgan fingerprint density at radius 1 is 0.846 bits per heavy atom. The maximum Gasteiger partial charge on any atom is 0.143 e. The van der Waals surface area contributed by atoms with Gasteiger partial charge in [0, 0.05) is 11.8 Å². The van der Waals surface area contributed by atoms with Gasteiger partial charge in [0.1, 0.15) is 5.78 Å². The van der Waals surface area contributed by atoms with Crippen molar-refractivity contribution in [2.75, 3.05) is 0 Å². The zero-order valence-electron chi connectivity index (χ0n) is 15.3. The van der Waals surface area contributed by atoms with E-state index >= 15 is 0 Å². The SMILES string of the molecule is Cc1ccccc1[C@@H]1[C@@H]2CCC[C@@H](C2=O)[C@H](c2ccccc2C)N1N=O. The number of benzene rings is 2. The van der Waals surface area contributed by atoms with E-state index in [2.05, 4.69) is 5.29 Å². The minimum absolute atomic E-state index is 0.146. The van der Waals surface area contributed by atoms with Gasteiger partial charge in [-0.15, -0.1) is 4.91 Å². The predicted molar refractivity (Wildman–Crippen MR) is 101 cm³/mol. The van der Waals surface area contributed by atoms with E-state index in [9.17, 15) is 9.70 Å². The van der Waals surface area contributed by atoms with E-state index in [1.54, 1.807) is 5.01 Å². The van der Waals surface area contributed by atoms with Crippen LogP contribution in [0.25, 0.3) is 0 Å². The first-order chi connectivity index (χ1) is 12.6. The van der Waals surface area contributed by atoms with Crippen LogP contribution in [0.5, 0.6) is 0 Å². The van der Waals surface area contributed by atoms with Gasteiger partial charge in [-0.2, -0.15) is 0 Å². The Bertz CT molecular complexity index is 784. The summed E-state index contributed by atoms with van der Waals surface area (Å²) in [5, 5.41) is 5.19. The van der Waals surface area contributed by atoms with Crippen molar-refractivity contribution < 1.29 is 4.79 Å². The molecule has 2 aliphatic rings. The van der Waals surface area contributed by atoms with Gasteiger partial charge in [-0.25, -0.2) is 5.01 Å². The van der Waals surface area contributed by atoms with Crippen LogP contribution in [-0.4, -0.2) is 10.8 Å². The highest BCUT2D eigenvalue weighted by molar-refractivity contribution is 5.87. The smallest absolute Gasteiger partial charge is 0.143 e. The second kappa shape index (κ2) is 6.67. The number of fused-ring (bicyclic) bond motifs is 2. The Morgan fingerprint density at radius 3 is 1.73 bits per heavy atom. The molecule has 134 valence electrons. The number of ketones is 1. The van der Waals surface area contributed by atoms with Gasteiger partial charge in [0.25, 0.3) is 0 Å². The summed E-state index contributed by atoms with van der Waals surface area (Å²) in [4.78, 5) is 25.3. The van der Waals surface area contributed by atoms with E-state index in [1.165, 1.54) is 0 Å². The van der Waals surface area contributed by atoms with Crippen LogP contribution in [0.1, 0.15) is 53.6 Å². The lowest BCUT2D eigenvalue weighted by Crippen LogP contribution is -2.51. The van der Waals surface area contributed by atoms with Gasteiger partial charge in [0.05, 0.1) is 17.4 Å². The molecule has 0 unspecified atom stereocenters. The third kappa shape index (κ3) is 2.56. The molecule has 2 bridgehead atoms. The molecule has 26 heavy (non-hydrogen) atoms. The summed E-state index contributed by atoms with van der Waals surface area (Å²) < 4.78 is 0. The van der Waals surface area contributed by atoms with Crippen LogP contribution in [0.4, 0.5) is 0 Å². The van der Waals surface area contributed by atoms with E-state index in [0.29, 0.717) is 5.78 Å². The molecule has 4 nitrogen and oxygen atoms in total. The average molecular weight is 348 g/mol. The average Bonchev–Trinajstić information content (AvgIpc) is 2.64. The molecule has 2 aromatic rings. The van der Waals surface area contributed by atoms with E-state index in [4.69, 9.17) is 0 Å². The first-order valence-electron chi connectivity index (χ1n) is 9.40. The number of piperidine rings is 1. The lowest BCUT2D eigenvalue weighted by molar-refractivity contribution is -0.144. The van der Waals surface area contributed by atoms with Crippen LogP contribution in [0.2, 0.25) is 0 Å². The zero-order valence-corrected chi connectivity index (χ0v) is 15.3. The number of Topliss-reactive ketones (excluding diaryl/α,β-unsaturated/α-hetero) is 1.